The minimum absolute atomic E-state index is 0.0970. The number of pyridine rings is 1. The number of aromatic amines is 1. The molecule has 0 aliphatic carbocycles. The van der Waals surface area contributed by atoms with Crippen molar-refractivity contribution in [3.8, 4) is 28.0 Å². The molecule has 0 radical (unpaired) electrons. The Balaban J connectivity index is 1.91. The highest BCUT2D eigenvalue weighted by Gasteiger charge is 2.11. The molecule has 3 heteroatoms. The smallest absolute Gasteiger partial charge is 0.249 e. The SMILES string of the molecule is CCOc1ccc(-c2ccccc2-c2cc(=O)[nH]c3ccccc23)cc1. The van der Waals surface area contributed by atoms with Crippen LogP contribution in [0.4, 0.5) is 0 Å². The van der Waals surface area contributed by atoms with Gasteiger partial charge in [-0.05, 0) is 47.4 Å². The molecule has 128 valence electrons. The zero-order chi connectivity index (χ0) is 17.9. The van der Waals surface area contributed by atoms with Crippen molar-refractivity contribution in [2.45, 2.75) is 6.92 Å². The fourth-order valence-corrected chi connectivity index (χ4v) is 3.29. The number of fused-ring (bicyclic) bond motifs is 1. The molecular weight excluding hydrogens is 322 g/mol. The van der Waals surface area contributed by atoms with Gasteiger partial charge in [0.05, 0.1) is 6.61 Å². The molecule has 1 N–H and O–H groups in total. The molecular formula is C23H19NO2. The molecule has 0 amide bonds. The molecule has 0 atom stereocenters. The van der Waals surface area contributed by atoms with E-state index in [1.54, 1.807) is 6.07 Å². The van der Waals surface area contributed by atoms with Gasteiger partial charge in [0.25, 0.3) is 0 Å². The van der Waals surface area contributed by atoms with Gasteiger partial charge >= 0.3 is 0 Å². The van der Waals surface area contributed by atoms with Crippen LogP contribution < -0.4 is 10.3 Å². The molecule has 1 heterocycles. The van der Waals surface area contributed by atoms with Crippen LogP contribution >= 0.6 is 0 Å². The lowest BCUT2D eigenvalue weighted by molar-refractivity contribution is 0.340. The molecule has 0 saturated carbocycles. The third-order valence-corrected chi connectivity index (χ3v) is 4.44. The van der Waals surface area contributed by atoms with E-state index in [1.807, 2.05) is 55.5 Å². The molecule has 0 unspecified atom stereocenters. The Bertz CT molecular complexity index is 1110. The Kier molecular flexibility index (Phi) is 4.28. The van der Waals surface area contributed by atoms with Crippen LogP contribution in [0.3, 0.4) is 0 Å². The van der Waals surface area contributed by atoms with Crippen molar-refractivity contribution in [2.24, 2.45) is 0 Å². The molecule has 0 bridgehead atoms. The number of ether oxygens (including phenoxy) is 1. The maximum atomic E-state index is 12.2. The van der Waals surface area contributed by atoms with Crippen LogP contribution in [-0.4, -0.2) is 11.6 Å². The number of hydrogen-bond acceptors (Lipinski definition) is 2. The molecule has 0 spiro atoms. The number of nitrogens with one attached hydrogen (secondary N) is 1. The van der Waals surface area contributed by atoms with Gasteiger partial charge in [-0.3, -0.25) is 4.79 Å². The first-order valence-electron chi connectivity index (χ1n) is 8.71. The van der Waals surface area contributed by atoms with E-state index in [9.17, 15) is 4.79 Å². The second-order valence-corrected chi connectivity index (χ2v) is 6.10. The predicted octanol–water partition coefficient (Wildman–Crippen LogP) is 5.26. The largest absolute Gasteiger partial charge is 0.494 e. The summed E-state index contributed by atoms with van der Waals surface area (Å²) in [5.41, 5.74) is 4.91. The van der Waals surface area contributed by atoms with Crippen molar-refractivity contribution < 1.29 is 4.74 Å². The van der Waals surface area contributed by atoms with Gasteiger partial charge in [-0.25, -0.2) is 0 Å². The Hall–Kier alpha value is -3.33. The van der Waals surface area contributed by atoms with E-state index in [2.05, 4.69) is 29.2 Å². The number of hydrogen-bond donors (Lipinski definition) is 1. The second kappa shape index (κ2) is 6.89. The van der Waals surface area contributed by atoms with Crippen LogP contribution in [0.2, 0.25) is 0 Å². The van der Waals surface area contributed by atoms with E-state index >= 15 is 0 Å². The van der Waals surface area contributed by atoms with Gasteiger partial charge in [0.15, 0.2) is 0 Å². The van der Waals surface area contributed by atoms with E-state index in [-0.39, 0.29) is 5.56 Å². The Morgan fingerprint density at radius 3 is 2.27 bits per heavy atom. The summed E-state index contributed by atoms with van der Waals surface area (Å²) in [5, 5.41) is 1.03. The average molecular weight is 341 g/mol. The molecule has 0 fully saturated rings. The van der Waals surface area contributed by atoms with Crippen LogP contribution in [0.1, 0.15) is 6.92 Å². The minimum atomic E-state index is -0.0970. The Labute approximate surface area is 151 Å². The van der Waals surface area contributed by atoms with E-state index in [0.717, 1.165) is 38.9 Å². The van der Waals surface area contributed by atoms with Crippen molar-refractivity contribution in [1.29, 1.82) is 0 Å². The Morgan fingerprint density at radius 2 is 1.50 bits per heavy atom. The summed E-state index contributed by atoms with van der Waals surface area (Å²) in [6, 6.07) is 25.8. The summed E-state index contributed by atoms with van der Waals surface area (Å²) >= 11 is 0. The maximum Gasteiger partial charge on any atom is 0.249 e. The number of rotatable bonds is 4. The van der Waals surface area contributed by atoms with Crippen LogP contribution in [-0.2, 0) is 0 Å². The highest BCUT2D eigenvalue weighted by molar-refractivity contribution is 5.98. The molecule has 1 aromatic heterocycles. The minimum Gasteiger partial charge on any atom is -0.494 e. The fraction of sp³-hybridized carbons (Fsp3) is 0.0870. The average Bonchev–Trinajstić information content (AvgIpc) is 2.68. The topological polar surface area (TPSA) is 42.1 Å². The monoisotopic (exact) mass is 341 g/mol. The number of benzene rings is 3. The van der Waals surface area contributed by atoms with Crippen molar-refractivity contribution >= 4 is 10.9 Å². The van der Waals surface area contributed by atoms with Crippen molar-refractivity contribution in [3.05, 3.63) is 89.2 Å². The summed E-state index contributed by atoms with van der Waals surface area (Å²) in [6.45, 7) is 2.62. The fourth-order valence-electron chi connectivity index (χ4n) is 3.29. The summed E-state index contributed by atoms with van der Waals surface area (Å²) in [5.74, 6) is 0.857. The first kappa shape index (κ1) is 16.2. The van der Waals surface area contributed by atoms with Gasteiger partial charge in [-0.2, -0.15) is 0 Å². The lowest BCUT2D eigenvalue weighted by Crippen LogP contribution is -2.05. The molecule has 3 nitrogen and oxygen atoms in total. The van der Waals surface area contributed by atoms with Crippen molar-refractivity contribution in [1.82, 2.24) is 4.98 Å². The molecule has 3 aromatic carbocycles. The number of aromatic nitrogens is 1. The molecule has 4 aromatic rings. The van der Waals surface area contributed by atoms with E-state index in [1.165, 1.54) is 0 Å². The van der Waals surface area contributed by atoms with Crippen LogP contribution in [0.15, 0.2) is 83.7 Å². The van der Waals surface area contributed by atoms with Gasteiger partial charge < -0.3 is 9.72 Å². The highest BCUT2D eigenvalue weighted by atomic mass is 16.5. The van der Waals surface area contributed by atoms with E-state index < -0.39 is 0 Å². The van der Waals surface area contributed by atoms with Gasteiger partial charge in [0, 0.05) is 17.0 Å². The third kappa shape index (κ3) is 3.00. The summed E-state index contributed by atoms with van der Waals surface area (Å²) in [6.07, 6.45) is 0. The second-order valence-electron chi connectivity index (χ2n) is 6.10. The predicted molar refractivity (Wildman–Crippen MR) is 107 cm³/mol. The normalized spacial score (nSPS) is 10.8. The first-order chi connectivity index (χ1) is 12.8. The highest BCUT2D eigenvalue weighted by Crippen LogP contribution is 2.35. The molecule has 4 rings (SSSR count). The Morgan fingerprint density at radius 1 is 0.808 bits per heavy atom. The summed E-state index contributed by atoms with van der Waals surface area (Å²) in [7, 11) is 0. The zero-order valence-electron chi connectivity index (χ0n) is 14.5. The van der Waals surface area contributed by atoms with Crippen LogP contribution in [0.25, 0.3) is 33.2 Å². The number of para-hydroxylation sites is 1. The van der Waals surface area contributed by atoms with Crippen LogP contribution in [0, 0.1) is 0 Å². The van der Waals surface area contributed by atoms with Crippen molar-refractivity contribution in [3.63, 3.8) is 0 Å². The van der Waals surface area contributed by atoms with Crippen LogP contribution in [0.5, 0.6) is 5.75 Å². The van der Waals surface area contributed by atoms with Gasteiger partial charge in [0.2, 0.25) is 5.56 Å². The first-order valence-corrected chi connectivity index (χ1v) is 8.71. The van der Waals surface area contributed by atoms with Gasteiger partial charge in [-0.15, -0.1) is 0 Å². The van der Waals surface area contributed by atoms with Gasteiger partial charge in [0.1, 0.15) is 5.75 Å². The summed E-state index contributed by atoms with van der Waals surface area (Å²) < 4.78 is 5.54. The molecule has 0 aliphatic rings. The molecule has 0 saturated heterocycles. The maximum absolute atomic E-state index is 12.2. The molecule has 26 heavy (non-hydrogen) atoms. The lowest BCUT2D eigenvalue weighted by Gasteiger charge is -2.13. The zero-order valence-corrected chi connectivity index (χ0v) is 14.5. The quantitative estimate of drug-likeness (QED) is 0.550. The number of H-pyrrole nitrogens is 1. The summed E-state index contributed by atoms with van der Waals surface area (Å²) in [4.78, 5) is 15.1. The van der Waals surface area contributed by atoms with Crippen molar-refractivity contribution in [2.75, 3.05) is 6.61 Å². The third-order valence-electron chi connectivity index (χ3n) is 4.44. The lowest BCUT2D eigenvalue weighted by atomic mass is 9.93. The van der Waals surface area contributed by atoms with Gasteiger partial charge in [-0.1, -0.05) is 54.6 Å². The van der Waals surface area contributed by atoms with E-state index in [4.69, 9.17) is 4.74 Å². The standard InChI is InChI=1S/C23H19NO2/c1-2-26-17-13-11-16(12-14-17)18-7-3-4-8-19(18)21-15-23(25)24-22-10-6-5-9-20(21)22/h3-15H,2H2,1H3,(H,24,25). The van der Waals surface area contributed by atoms with E-state index in [0.29, 0.717) is 6.61 Å². The molecule has 0 aliphatic heterocycles.